The largest absolute Gasteiger partial charge is 0.310 e. The number of anilines is 3. The van der Waals surface area contributed by atoms with Crippen LogP contribution >= 0.6 is 0 Å². The van der Waals surface area contributed by atoms with Gasteiger partial charge in [-0.3, -0.25) is 0 Å². The summed E-state index contributed by atoms with van der Waals surface area (Å²) < 4.78 is 0. The molecular formula is C61H53N. The van der Waals surface area contributed by atoms with Crippen LogP contribution in [-0.4, -0.2) is 0 Å². The molecule has 0 aliphatic heterocycles. The SMILES string of the molecule is Cc1c(-c2cc3c(cc2N(c2ccccc2)c2ccc4c(c2)C(C)(C)c2ccccc2-4)C2(c4ccccc4-c4ccccc42)c2ccccc2-3)ccc2c1C(C)(C)CCC2(C)C. The summed E-state index contributed by atoms with van der Waals surface area (Å²) in [7, 11) is 0. The van der Waals surface area contributed by atoms with Gasteiger partial charge in [-0.1, -0.05) is 175 Å². The van der Waals surface area contributed by atoms with Crippen LogP contribution in [0.3, 0.4) is 0 Å². The predicted molar refractivity (Wildman–Crippen MR) is 260 cm³/mol. The highest BCUT2D eigenvalue weighted by Gasteiger charge is 2.52. The molecule has 0 unspecified atom stereocenters. The van der Waals surface area contributed by atoms with Crippen molar-refractivity contribution >= 4 is 17.1 Å². The Morgan fingerprint density at radius 2 is 0.855 bits per heavy atom. The Morgan fingerprint density at radius 1 is 0.355 bits per heavy atom. The van der Waals surface area contributed by atoms with Gasteiger partial charge in [-0.05, 0) is 156 Å². The topological polar surface area (TPSA) is 3.24 Å². The molecular weight excluding hydrogens is 747 g/mol. The van der Waals surface area contributed by atoms with Gasteiger partial charge in [-0.25, -0.2) is 0 Å². The summed E-state index contributed by atoms with van der Waals surface area (Å²) in [4.78, 5) is 2.58. The second kappa shape index (κ2) is 12.8. The van der Waals surface area contributed by atoms with Crippen molar-refractivity contribution < 1.29 is 0 Å². The van der Waals surface area contributed by atoms with Crippen LogP contribution in [0.2, 0.25) is 0 Å². The first-order valence-corrected chi connectivity index (χ1v) is 22.7. The van der Waals surface area contributed by atoms with Gasteiger partial charge in [0.25, 0.3) is 0 Å². The summed E-state index contributed by atoms with van der Waals surface area (Å²) in [5.74, 6) is 0. The molecule has 12 rings (SSSR count). The van der Waals surface area contributed by atoms with Crippen LogP contribution in [0.4, 0.5) is 17.1 Å². The number of hydrogen-bond acceptors (Lipinski definition) is 1. The van der Waals surface area contributed by atoms with Gasteiger partial charge in [-0.2, -0.15) is 0 Å². The number of benzene rings is 8. The zero-order chi connectivity index (χ0) is 42.3. The van der Waals surface area contributed by atoms with E-state index in [1.165, 1.54) is 119 Å². The van der Waals surface area contributed by atoms with Crippen molar-refractivity contribution in [2.24, 2.45) is 0 Å². The third-order valence-corrected chi connectivity index (χ3v) is 15.7. The summed E-state index contributed by atoms with van der Waals surface area (Å²) in [6.45, 7) is 17.0. The van der Waals surface area contributed by atoms with Crippen LogP contribution in [0, 0.1) is 6.92 Å². The zero-order valence-electron chi connectivity index (χ0n) is 37.0. The van der Waals surface area contributed by atoms with Crippen LogP contribution in [0.1, 0.15) is 104 Å². The van der Waals surface area contributed by atoms with E-state index in [-0.39, 0.29) is 16.2 Å². The minimum atomic E-state index is -0.465. The second-order valence-corrected chi connectivity index (χ2v) is 20.3. The Hall–Kier alpha value is -6.44. The van der Waals surface area contributed by atoms with Crippen molar-refractivity contribution in [1.82, 2.24) is 0 Å². The van der Waals surface area contributed by atoms with Crippen molar-refractivity contribution in [3.8, 4) is 44.5 Å². The van der Waals surface area contributed by atoms with Gasteiger partial charge in [0.15, 0.2) is 0 Å². The van der Waals surface area contributed by atoms with Gasteiger partial charge >= 0.3 is 0 Å². The number of rotatable bonds is 4. The molecule has 0 bridgehead atoms. The zero-order valence-corrected chi connectivity index (χ0v) is 37.0. The molecule has 4 aliphatic carbocycles. The molecule has 1 spiro atoms. The van der Waals surface area contributed by atoms with Gasteiger partial charge in [0.05, 0.1) is 11.1 Å². The second-order valence-electron chi connectivity index (χ2n) is 20.3. The van der Waals surface area contributed by atoms with Crippen LogP contribution in [0.25, 0.3) is 44.5 Å². The van der Waals surface area contributed by atoms with Gasteiger partial charge in [-0.15, -0.1) is 0 Å². The Kier molecular flexibility index (Phi) is 7.71. The first-order valence-electron chi connectivity index (χ1n) is 22.7. The summed E-state index contributed by atoms with van der Waals surface area (Å²) >= 11 is 0. The fourth-order valence-electron chi connectivity index (χ4n) is 12.7. The smallest absolute Gasteiger partial charge is 0.0726 e. The Balaban J connectivity index is 1.21. The molecule has 0 radical (unpaired) electrons. The fraction of sp³-hybridized carbons (Fsp3) is 0.213. The fourth-order valence-corrected chi connectivity index (χ4v) is 12.7. The summed E-state index contributed by atoms with van der Waals surface area (Å²) in [5, 5.41) is 0. The van der Waals surface area contributed by atoms with Crippen molar-refractivity contribution in [3.63, 3.8) is 0 Å². The molecule has 302 valence electrons. The standard InChI is InChI=1S/C61H53N/c1-38-41(31-32-53-57(38)59(4,5)34-33-58(53,2)3)48-36-47-45-24-14-18-28-52(45)61(50-26-16-12-22-43(50)44-23-13-17-27-51(44)61)55(47)37-56(48)62(39-19-9-8-10-20-39)40-29-30-46-42-21-11-15-25-49(42)60(6,7)54(46)35-40/h8-32,35-37H,33-34H2,1-7H3. The van der Waals surface area contributed by atoms with E-state index >= 15 is 0 Å². The third kappa shape index (κ3) is 4.86. The van der Waals surface area contributed by atoms with Crippen molar-refractivity contribution in [2.45, 2.75) is 83.0 Å². The predicted octanol–water partition coefficient (Wildman–Crippen LogP) is 16.1. The molecule has 1 nitrogen and oxygen atoms in total. The molecule has 0 saturated heterocycles. The van der Waals surface area contributed by atoms with Gasteiger partial charge in [0.1, 0.15) is 0 Å². The first kappa shape index (κ1) is 37.3. The molecule has 1 heteroatoms. The van der Waals surface area contributed by atoms with Gasteiger partial charge in [0, 0.05) is 22.4 Å². The normalized spacial score (nSPS) is 17.0. The molecule has 0 N–H and O–H groups in total. The Morgan fingerprint density at radius 3 is 1.48 bits per heavy atom. The van der Waals surface area contributed by atoms with Crippen molar-refractivity contribution in [2.75, 3.05) is 4.90 Å². The minimum Gasteiger partial charge on any atom is -0.310 e. The van der Waals surface area contributed by atoms with E-state index in [0.717, 1.165) is 5.69 Å². The lowest BCUT2D eigenvalue weighted by Gasteiger charge is -2.43. The molecule has 0 amide bonds. The highest BCUT2D eigenvalue weighted by atomic mass is 15.1. The molecule has 0 aromatic heterocycles. The highest BCUT2D eigenvalue weighted by molar-refractivity contribution is 6.01. The molecule has 0 atom stereocenters. The maximum atomic E-state index is 2.61. The molecule has 62 heavy (non-hydrogen) atoms. The molecule has 0 fully saturated rings. The number of hydrogen-bond donors (Lipinski definition) is 0. The summed E-state index contributed by atoms with van der Waals surface area (Å²) in [6, 6.07) is 65.1. The average molecular weight is 800 g/mol. The quantitative estimate of drug-likeness (QED) is 0.171. The lowest BCUT2D eigenvalue weighted by atomic mass is 9.61. The van der Waals surface area contributed by atoms with E-state index in [2.05, 4.69) is 223 Å². The lowest BCUT2D eigenvalue weighted by molar-refractivity contribution is 0.330. The van der Waals surface area contributed by atoms with Crippen LogP contribution in [-0.2, 0) is 21.7 Å². The van der Waals surface area contributed by atoms with Crippen LogP contribution in [0.5, 0.6) is 0 Å². The van der Waals surface area contributed by atoms with Crippen molar-refractivity contribution in [3.05, 3.63) is 220 Å². The van der Waals surface area contributed by atoms with Crippen LogP contribution < -0.4 is 4.90 Å². The van der Waals surface area contributed by atoms with E-state index in [4.69, 9.17) is 0 Å². The number of nitrogens with zero attached hydrogens (tertiary/aromatic N) is 1. The Bertz CT molecular complexity index is 3130. The van der Waals surface area contributed by atoms with Gasteiger partial charge in [0.2, 0.25) is 0 Å². The van der Waals surface area contributed by atoms with Crippen molar-refractivity contribution in [1.29, 1.82) is 0 Å². The van der Waals surface area contributed by atoms with E-state index in [1.54, 1.807) is 0 Å². The summed E-state index contributed by atoms with van der Waals surface area (Å²) in [5.41, 5.74) is 26.3. The van der Waals surface area contributed by atoms with E-state index in [9.17, 15) is 0 Å². The third-order valence-electron chi connectivity index (χ3n) is 15.7. The van der Waals surface area contributed by atoms with Gasteiger partial charge < -0.3 is 4.90 Å². The molecule has 0 heterocycles. The molecule has 8 aromatic rings. The molecule has 0 saturated carbocycles. The maximum Gasteiger partial charge on any atom is 0.0726 e. The molecule has 4 aliphatic rings. The lowest BCUT2D eigenvalue weighted by Crippen LogP contribution is -2.34. The maximum absolute atomic E-state index is 2.61. The van der Waals surface area contributed by atoms with E-state index in [1.807, 2.05) is 0 Å². The molecule has 8 aromatic carbocycles. The average Bonchev–Trinajstić information content (AvgIpc) is 3.83. The van der Waals surface area contributed by atoms with E-state index in [0.29, 0.717) is 0 Å². The summed E-state index contributed by atoms with van der Waals surface area (Å²) in [6.07, 6.45) is 2.37. The number of para-hydroxylation sites is 1. The Labute approximate surface area is 367 Å². The monoisotopic (exact) mass is 799 g/mol. The minimum absolute atomic E-state index is 0.0649. The number of fused-ring (bicyclic) bond motifs is 14. The van der Waals surface area contributed by atoms with Crippen LogP contribution in [0.15, 0.2) is 170 Å². The van der Waals surface area contributed by atoms with E-state index < -0.39 is 5.41 Å². The first-order chi connectivity index (χ1) is 29.9. The highest BCUT2D eigenvalue weighted by Crippen LogP contribution is 2.65.